The minimum atomic E-state index is -0.990. The molecule has 4 rings (SSSR count). The number of hydrogen-bond acceptors (Lipinski definition) is 6. The summed E-state index contributed by atoms with van der Waals surface area (Å²) in [4.78, 5) is 21.3. The number of piperazine rings is 1. The Morgan fingerprint density at radius 3 is 2.59 bits per heavy atom. The highest BCUT2D eigenvalue weighted by atomic mass is 19.2. The minimum Gasteiger partial charge on any atom is -0.338 e. The first kappa shape index (κ1) is 22.0. The van der Waals surface area contributed by atoms with E-state index < -0.39 is 17.7 Å². The smallest absolute Gasteiger partial charge is 0.241 e. The van der Waals surface area contributed by atoms with Crippen LogP contribution < -0.4 is 5.32 Å². The van der Waals surface area contributed by atoms with E-state index in [4.69, 9.17) is 4.52 Å². The van der Waals surface area contributed by atoms with Gasteiger partial charge in [-0.2, -0.15) is 4.98 Å². The van der Waals surface area contributed by atoms with Gasteiger partial charge in [-0.1, -0.05) is 29.4 Å². The Balaban J connectivity index is 1.29. The maximum Gasteiger partial charge on any atom is 0.241 e. The van der Waals surface area contributed by atoms with Crippen molar-refractivity contribution in [3.63, 3.8) is 0 Å². The van der Waals surface area contributed by atoms with Gasteiger partial charge in [-0.3, -0.25) is 14.6 Å². The predicted molar refractivity (Wildman–Crippen MR) is 116 cm³/mol. The molecule has 0 aliphatic carbocycles. The van der Waals surface area contributed by atoms with Gasteiger partial charge in [-0.15, -0.1) is 0 Å². The molecule has 1 atom stereocenters. The Labute approximate surface area is 185 Å². The molecule has 1 unspecified atom stereocenters. The van der Waals surface area contributed by atoms with Gasteiger partial charge in [-0.25, -0.2) is 8.78 Å². The zero-order valence-electron chi connectivity index (χ0n) is 18.0. The summed E-state index contributed by atoms with van der Waals surface area (Å²) in [6.45, 7) is 7.21. The lowest BCUT2D eigenvalue weighted by atomic mass is 10.1. The fourth-order valence-corrected chi connectivity index (χ4v) is 3.74. The molecule has 7 nitrogen and oxygen atoms in total. The summed E-state index contributed by atoms with van der Waals surface area (Å²) in [7, 11) is 0. The number of nitrogens with zero attached hydrogens (tertiary/aromatic N) is 4. The molecule has 2 aromatic carbocycles. The van der Waals surface area contributed by atoms with Gasteiger partial charge in [-0.05, 0) is 31.5 Å². The second kappa shape index (κ2) is 9.54. The van der Waals surface area contributed by atoms with Crippen LogP contribution in [0.4, 0.5) is 14.5 Å². The summed E-state index contributed by atoms with van der Waals surface area (Å²) < 4.78 is 31.9. The monoisotopic (exact) mass is 441 g/mol. The summed E-state index contributed by atoms with van der Waals surface area (Å²) in [6, 6.07) is 10.8. The standard InChI is InChI=1S/C23H25F2N5O2/c1-15-5-3-4-6-18(15)22-27-21(32-28-22)14-29-9-11-30(12-10-29)16(2)23(31)26-17-7-8-19(24)20(25)13-17/h3-8,13,16H,9-12,14H2,1-2H3,(H,26,31). The zero-order chi connectivity index (χ0) is 22.7. The van der Waals surface area contributed by atoms with Crippen molar-refractivity contribution >= 4 is 11.6 Å². The molecular weight excluding hydrogens is 416 g/mol. The third kappa shape index (κ3) is 5.00. The molecule has 1 amide bonds. The van der Waals surface area contributed by atoms with E-state index in [-0.39, 0.29) is 11.6 Å². The minimum absolute atomic E-state index is 0.236. The lowest BCUT2D eigenvalue weighted by Gasteiger charge is -2.36. The summed E-state index contributed by atoms with van der Waals surface area (Å²) in [5.74, 6) is -1.06. The van der Waals surface area contributed by atoms with Gasteiger partial charge in [0.15, 0.2) is 11.6 Å². The molecule has 3 aromatic rings. The number of hydrogen-bond donors (Lipinski definition) is 1. The van der Waals surface area contributed by atoms with Gasteiger partial charge in [0.25, 0.3) is 0 Å². The van der Waals surface area contributed by atoms with Crippen LogP contribution in [0.2, 0.25) is 0 Å². The van der Waals surface area contributed by atoms with Crippen molar-refractivity contribution in [2.24, 2.45) is 0 Å². The average molecular weight is 441 g/mol. The number of amides is 1. The van der Waals surface area contributed by atoms with Crippen molar-refractivity contribution in [3.8, 4) is 11.4 Å². The average Bonchev–Trinajstić information content (AvgIpc) is 3.25. The number of halogens is 2. The molecule has 0 bridgehead atoms. The van der Waals surface area contributed by atoms with Gasteiger partial charge in [0.05, 0.1) is 12.6 Å². The summed E-state index contributed by atoms with van der Waals surface area (Å²) in [6.07, 6.45) is 0. The lowest BCUT2D eigenvalue weighted by molar-refractivity contribution is -0.121. The Morgan fingerprint density at radius 1 is 1.12 bits per heavy atom. The van der Waals surface area contributed by atoms with E-state index in [1.54, 1.807) is 6.92 Å². The second-order valence-electron chi connectivity index (χ2n) is 7.93. The first-order valence-corrected chi connectivity index (χ1v) is 10.5. The number of rotatable bonds is 6. The topological polar surface area (TPSA) is 74.5 Å². The Morgan fingerprint density at radius 2 is 1.88 bits per heavy atom. The molecule has 1 saturated heterocycles. The SMILES string of the molecule is Cc1ccccc1-c1noc(CN2CCN(C(C)C(=O)Nc3ccc(F)c(F)c3)CC2)n1. The number of aryl methyl sites for hydroxylation is 1. The van der Waals surface area contributed by atoms with Gasteiger partial charge < -0.3 is 9.84 Å². The van der Waals surface area contributed by atoms with E-state index in [0.717, 1.165) is 36.3 Å². The fraction of sp³-hybridized carbons (Fsp3) is 0.348. The van der Waals surface area contributed by atoms with Gasteiger partial charge in [0, 0.05) is 43.5 Å². The van der Waals surface area contributed by atoms with E-state index in [1.807, 2.05) is 31.2 Å². The quantitative estimate of drug-likeness (QED) is 0.632. The highest BCUT2D eigenvalue weighted by Crippen LogP contribution is 2.21. The summed E-state index contributed by atoms with van der Waals surface area (Å²) in [5.41, 5.74) is 2.28. The van der Waals surface area contributed by atoms with Gasteiger partial charge >= 0.3 is 0 Å². The van der Waals surface area contributed by atoms with Crippen LogP contribution in [-0.4, -0.2) is 58.1 Å². The number of aromatic nitrogens is 2. The maximum absolute atomic E-state index is 13.4. The third-order valence-corrected chi connectivity index (χ3v) is 5.73. The van der Waals surface area contributed by atoms with E-state index in [2.05, 4.69) is 25.3 Å². The number of nitrogens with one attached hydrogen (secondary N) is 1. The fourth-order valence-electron chi connectivity index (χ4n) is 3.74. The van der Waals surface area contributed by atoms with Crippen LogP contribution in [-0.2, 0) is 11.3 Å². The van der Waals surface area contributed by atoms with E-state index >= 15 is 0 Å². The molecule has 0 saturated carbocycles. The van der Waals surface area contributed by atoms with Gasteiger partial charge in [0.2, 0.25) is 17.6 Å². The van der Waals surface area contributed by atoms with Crippen LogP contribution in [0.15, 0.2) is 47.0 Å². The van der Waals surface area contributed by atoms with E-state index in [1.165, 1.54) is 6.07 Å². The second-order valence-corrected chi connectivity index (χ2v) is 7.93. The van der Waals surface area contributed by atoms with Crippen LogP contribution in [0.5, 0.6) is 0 Å². The molecular formula is C23H25F2N5O2. The predicted octanol–water partition coefficient (Wildman–Crippen LogP) is 3.47. The highest BCUT2D eigenvalue weighted by molar-refractivity contribution is 5.94. The highest BCUT2D eigenvalue weighted by Gasteiger charge is 2.26. The molecule has 1 fully saturated rings. The number of carbonyl (C=O) groups is 1. The normalized spacial score (nSPS) is 16.1. The molecule has 32 heavy (non-hydrogen) atoms. The Hall–Kier alpha value is -3.17. The van der Waals surface area contributed by atoms with E-state index in [9.17, 15) is 13.6 Å². The molecule has 9 heteroatoms. The zero-order valence-corrected chi connectivity index (χ0v) is 18.0. The Kier molecular flexibility index (Phi) is 6.57. The molecule has 1 N–H and O–H groups in total. The summed E-state index contributed by atoms with van der Waals surface area (Å²) in [5, 5.41) is 6.75. The third-order valence-electron chi connectivity index (χ3n) is 5.73. The molecule has 1 aliphatic rings. The molecule has 0 spiro atoms. The summed E-state index contributed by atoms with van der Waals surface area (Å²) >= 11 is 0. The van der Waals surface area contributed by atoms with Crippen LogP contribution in [0.25, 0.3) is 11.4 Å². The van der Waals surface area contributed by atoms with Crippen molar-refractivity contribution in [1.82, 2.24) is 19.9 Å². The molecule has 1 aliphatic heterocycles. The molecule has 0 radical (unpaired) electrons. The number of carbonyl (C=O) groups excluding carboxylic acids is 1. The molecule has 168 valence electrons. The van der Waals surface area contributed by atoms with Crippen molar-refractivity contribution in [3.05, 3.63) is 65.6 Å². The van der Waals surface area contributed by atoms with E-state index in [0.29, 0.717) is 31.3 Å². The van der Waals surface area contributed by atoms with Crippen LogP contribution >= 0.6 is 0 Å². The lowest BCUT2D eigenvalue weighted by Crippen LogP contribution is -2.52. The first-order valence-electron chi connectivity index (χ1n) is 10.5. The van der Waals surface area contributed by atoms with Crippen LogP contribution in [0.3, 0.4) is 0 Å². The molecule has 2 heterocycles. The van der Waals surface area contributed by atoms with Crippen LogP contribution in [0.1, 0.15) is 18.4 Å². The molecule has 1 aromatic heterocycles. The van der Waals surface area contributed by atoms with Crippen molar-refractivity contribution in [1.29, 1.82) is 0 Å². The van der Waals surface area contributed by atoms with Crippen molar-refractivity contribution < 1.29 is 18.1 Å². The first-order chi connectivity index (χ1) is 15.4. The van der Waals surface area contributed by atoms with Crippen molar-refractivity contribution in [2.45, 2.75) is 26.4 Å². The van der Waals surface area contributed by atoms with Crippen LogP contribution in [0, 0.1) is 18.6 Å². The van der Waals surface area contributed by atoms with Gasteiger partial charge in [0.1, 0.15) is 0 Å². The number of benzene rings is 2. The van der Waals surface area contributed by atoms with Crippen molar-refractivity contribution in [2.75, 3.05) is 31.5 Å². The maximum atomic E-state index is 13.4. The largest absolute Gasteiger partial charge is 0.338 e. The number of anilines is 1. The Bertz CT molecular complexity index is 1100.